The van der Waals surface area contributed by atoms with Crippen LogP contribution in [0.4, 0.5) is 0 Å². The Morgan fingerprint density at radius 2 is 1.94 bits per heavy atom. The number of methoxy groups -OCH3 is 1. The van der Waals surface area contributed by atoms with Crippen LogP contribution in [0.5, 0.6) is 5.75 Å². The fourth-order valence-electron chi connectivity index (χ4n) is 4.06. The number of nitrogens with zero attached hydrogens (tertiary/aromatic N) is 4. The van der Waals surface area contributed by atoms with Gasteiger partial charge in [0.15, 0.2) is 11.0 Å². The lowest BCUT2D eigenvalue weighted by Gasteiger charge is -2.25. The van der Waals surface area contributed by atoms with Crippen LogP contribution >= 0.6 is 23.4 Å². The molecule has 1 heterocycles. The Balaban J connectivity index is 1.46. The zero-order valence-corrected chi connectivity index (χ0v) is 20.9. The maximum atomic E-state index is 12.5. The molecule has 7 nitrogen and oxygen atoms in total. The van der Waals surface area contributed by atoms with Crippen LogP contribution in [0.1, 0.15) is 50.6 Å². The summed E-state index contributed by atoms with van der Waals surface area (Å²) >= 11 is 7.46. The van der Waals surface area contributed by atoms with Crippen molar-refractivity contribution < 1.29 is 9.53 Å². The molecule has 0 atom stereocenters. The molecule has 0 aliphatic heterocycles. The molecule has 0 spiro atoms. The van der Waals surface area contributed by atoms with Crippen molar-refractivity contribution in [2.45, 2.75) is 50.2 Å². The zero-order valence-electron chi connectivity index (χ0n) is 19.3. The second kappa shape index (κ2) is 11.5. The Morgan fingerprint density at radius 3 is 2.68 bits per heavy atom. The Labute approximate surface area is 208 Å². The third-order valence-electron chi connectivity index (χ3n) is 5.87. The van der Waals surface area contributed by atoms with Crippen molar-refractivity contribution in [3.63, 3.8) is 0 Å². The van der Waals surface area contributed by atoms with E-state index in [1.807, 2.05) is 55.5 Å². The summed E-state index contributed by atoms with van der Waals surface area (Å²) in [6, 6.07) is 15.5. The van der Waals surface area contributed by atoms with Crippen LogP contribution in [0.3, 0.4) is 0 Å². The van der Waals surface area contributed by atoms with Crippen LogP contribution in [-0.2, 0) is 4.79 Å². The summed E-state index contributed by atoms with van der Waals surface area (Å²) in [5, 5.41) is 14.6. The number of nitrogens with one attached hydrogen (secondary N) is 1. The fourth-order valence-corrected chi connectivity index (χ4v) is 4.98. The Kier molecular flexibility index (Phi) is 8.24. The molecule has 2 aromatic carbocycles. The van der Waals surface area contributed by atoms with Gasteiger partial charge in [-0.3, -0.25) is 9.36 Å². The standard InChI is InChI=1S/C25H28ClN5O2S/c1-17(19-7-6-10-22(15-19)33-2)27-28-23(32)16-34-25-30-29-24(18-11-13-20(26)14-12-18)31(25)21-8-4-3-5-9-21/h6-7,10-15,21H,3-5,8-9,16H2,1-2H3,(H,28,32). The van der Waals surface area contributed by atoms with E-state index in [-0.39, 0.29) is 11.7 Å². The molecular weight excluding hydrogens is 470 g/mol. The maximum Gasteiger partial charge on any atom is 0.250 e. The molecule has 178 valence electrons. The summed E-state index contributed by atoms with van der Waals surface area (Å²) in [6.07, 6.45) is 5.80. The largest absolute Gasteiger partial charge is 0.497 e. The zero-order chi connectivity index (χ0) is 23.9. The minimum atomic E-state index is -0.196. The van der Waals surface area contributed by atoms with Gasteiger partial charge >= 0.3 is 0 Å². The van der Waals surface area contributed by atoms with E-state index in [1.165, 1.54) is 31.0 Å². The molecule has 9 heteroatoms. The second-order valence-corrected chi connectivity index (χ2v) is 9.61. The topological polar surface area (TPSA) is 81.4 Å². The van der Waals surface area contributed by atoms with Gasteiger partial charge in [-0.15, -0.1) is 10.2 Å². The molecule has 1 N–H and O–H groups in total. The van der Waals surface area contributed by atoms with Crippen molar-refractivity contribution in [3.8, 4) is 17.1 Å². The normalized spacial score (nSPS) is 14.7. The molecule has 1 aliphatic carbocycles. The van der Waals surface area contributed by atoms with Crippen molar-refractivity contribution in [1.82, 2.24) is 20.2 Å². The first-order valence-electron chi connectivity index (χ1n) is 11.4. The number of aromatic nitrogens is 3. The van der Waals surface area contributed by atoms with E-state index in [0.29, 0.717) is 16.8 Å². The van der Waals surface area contributed by atoms with Crippen molar-refractivity contribution in [2.24, 2.45) is 5.10 Å². The Bertz CT molecular complexity index is 1160. The summed E-state index contributed by atoms with van der Waals surface area (Å²) in [5.41, 5.74) is 5.20. The van der Waals surface area contributed by atoms with Crippen molar-refractivity contribution in [2.75, 3.05) is 12.9 Å². The lowest BCUT2D eigenvalue weighted by molar-refractivity contribution is -0.118. The van der Waals surface area contributed by atoms with Gasteiger partial charge in [-0.2, -0.15) is 5.10 Å². The minimum absolute atomic E-state index is 0.195. The SMILES string of the molecule is COc1cccc(C(C)=NNC(=O)CSc2nnc(-c3ccc(Cl)cc3)n2C2CCCCC2)c1. The van der Waals surface area contributed by atoms with E-state index in [1.54, 1.807) is 7.11 Å². The Morgan fingerprint density at radius 1 is 1.18 bits per heavy atom. The van der Waals surface area contributed by atoms with Crippen molar-refractivity contribution >= 4 is 35.0 Å². The fraction of sp³-hybridized carbons (Fsp3) is 0.360. The van der Waals surface area contributed by atoms with Crippen LogP contribution < -0.4 is 10.2 Å². The summed E-state index contributed by atoms with van der Waals surface area (Å²) in [6.45, 7) is 1.85. The number of hydrogen-bond donors (Lipinski definition) is 1. The molecule has 1 fully saturated rings. The van der Waals surface area contributed by atoms with Gasteiger partial charge in [-0.05, 0) is 56.2 Å². The predicted octanol–water partition coefficient (Wildman–Crippen LogP) is 5.74. The molecule has 0 radical (unpaired) electrons. The Hall–Kier alpha value is -2.84. The number of carbonyl (C=O) groups excluding carboxylic acids is 1. The summed E-state index contributed by atoms with van der Waals surface area (Å²) in [7, 11) is 1.62. The third-order valence-corrected chi connectivity index (χ3v) is 7.07. The van der Waals surface area contributed by atoms with Gasteiger partial charge in [0.25, 0.3) is 5.91 Å². The van der Waals surface area contributed by atoms with Gasteiger partial charge in [0.2, 0.25) is 0 Å². The smallest absolute Gasteiger partial charge is 0.250 e. The maximum absolute atomic E-state index is 12.5. The summed E-state index contributed by atoms with van der Waals surface area (Å²) in [5.74, 6) is 1.56. The molecule has 4 rings (SSSR count). The molecule has 1 aliphatic rings. The monoisotopic (exact) mass is 497 g/mol. The van der Waals surface area contributed by atoms with Gasteiger partial charge in [-0.25, -0.2) is 5.43 Å². The van der Waals surface area contributed by atoms with E-state index in [0.717, 1.165) is 40.7 Å². The minimum Gasteiger partial charge on any atom is -0.497 e. The number of halogens is 1. The highest BCUT2D eigenvalue weighted by atomic mass is 35.5. The van der Waals surface area contributed by atoms with E-state index in [2.05, 4.69) is 25.3 Å². The molecule has 1 aromatic heterocycles. The highest BCUT2D eigenvalue weighted by molar-refractivity contribution is 7.99. The molecule has 1 amide bonds. The lowest BCUT2D eigenvalue weighted by Crippen LogP contribution is -2.22. The predicted molar refractivity (Wildman–Crippen MR) is 137 cm³/mol. The van der Waals surface area contributed by atoms with Gasteiger partial charge in [0, 0.05) is 22.2 Å². The second-order valence-electron chi connectivity index (χ2n) is 8.23. The van der Waals surface area contributed by atoms with Crippen LogP contribution in [0.2, 0.25) is 5.02 Å². The van der Waals surface area contributed by atoms with Crippen LogP contribution in [0, 0.1) is 0 Å². The van der Waals surface area contributed by atoms with E-state index in [4.69, 9.17) is 16.3 Å². The quantitative estimate of drug-likeness (QED) is 0.243. The van der Waals surface area contributed by atoms with Gasteiger partial charge in [-0.1, -0.05) is 54.8 Å². The number of thioether (sulfide) groups is 1. The first-order valence-corrected chi connectivity index (χ1v) is 12.7. The third kappa shape index (κ3) is 5.98. The average Bonchev–Trinajstić information content (AvgIpc) is 3.31. The van der Waals surface area contributed by atoms with E-state index in [9.17, 15) is 4.79 Å². The van der Waals surface area contributed by atoms with Crippen molar-refractivity contribution in [3.05, 3.63) is 59.1 Å². The van der Waals surface area contributed by atoms with Crippen LogP contribution in [-0.4, -0.2) is 39.2 Å². The number of carbonyl (C=O) groups is 1. The first kappa shape index (κ1) is 24.3. The number of ether oxygens (including phenoxy) is 1. The molecule has 0 saturated heterocycles. The van der Waals surface area contributed by atoms with Crippen molar-refractivity contribution in [1.29, 1.82) is 0 Å². The number of rotatable bonds is 8. The molecular formula is C25H28ClN5O2S. The molecule has 34 heavy (non-hydrogen) atoms. The molecule has 0 unspecified atom stereocenters. The summed E-state index contributed by atoms with van der Waals surface area (Å²) in [4.78, 5) is 12.5. The number of amides is 1. The summed E-state index contributed by atoms with van der Waals surface area (Å²) < 4.78 is 7.45. The number of hydrazone groups is 1. The highest BCUT2D eigenvalue weighted by Crippen LogP contribution is 2.35. The average molecular weight is 498 g/mol. The van der Waals surface area contributed by atoms with E-state index >= 15 is 0 Å². The first-order chi connectivity index (χ1) is 16.5. The molecule has 0 bridgehead atoms. The molecule has 3 aromatic rings. The van der Waals surface area contributed by atoms with Crippen LogP contribution in [0.15, 0.2) is 58.8 Å². The van der Waals surface area contributed by atoms with Crippen LogP contribution in [0.25, 0.3) is 11.4 Å². The number of benzene rings is 2. The van der Waals surface area contributed by atoms with Gasteiger partial charge in [0.05, 0.1) is 18.6 Å². The van der Waals surface area contributed by atoms with E-state index < -0.39 is 0 Å². The van der Waals surface area contributed by atoms with Gasteiger partial charge < -0.3 is 4.74 Å². The lowest BCUT2D eigenvalue weighted by atomic mass is 9.95. The highest BCUT2D eigenvalue weighted by Gasteiger charge is 2.24. The van der Waals surface area contributed by atoms with Gasteiger partial charge in [0.1, 0.15) is 5.75 Å². The molecule has 1 saturated carbocycles. The number of hydrogen-bond acceptors (Lipinski definition) is 6.